The maximum Gasteiger partial charge on any atom is 0.410 e. The van der Waals surface area contributed by atoms with Crippen molar-refractivity contribution >= 4 is 22.8 Å². The number of rotatable bonds is 2. The maximum atomic E-state index is 13.4. The van der Waals surface area contributed by atoms with Crippen LogP contribution in [0.15, 0.2) is 24.4 Å². The number of ketones is 1. The van der Waals surface area contributed by atoms with E-state index in [1.807, 2.05) is 0 Å². The van der Waals surface area contributed by atoms with Crippen LogP contribution in [0.1, 0.15) is 24.8 Å². The monoisotopic (exact) mass is 304 g/mol. The van der Waals surface area contributed by atoms with Gasteiger partial charge in [-0.05, 0) is 37.1 Å². The summed E-state index contributed by atoms with van der Waals surface area (Å²) in [7, 11) is 0. The molecule has 2 heterocycles. The van der Waals surface area contributed by atoms with Gasteiger partial charge in [0.25, 0.3) is 0 Å². The van der Waals surface area contributed by atoms with E-state index in [1.54, 1.807) is 19.2 Å². The lowest BCUT2D eigenvalue weighted by Gasteiger charge is -2.30. The Labute approximate surface area is 127 Å². The molecule has 22 heavy (non-hydrogen) atoms. The van der Waals surface area contributed by atoms with Crippen LogP contribution in [0.4, 0.5) is 9.18 Å². The Hall–Kier alpha value is -2.37. The van der Waals surface area contributed by atoms with Crippen LogP contribution < -0.4 is 0 Å². The number of likely N-dealkylation sites (tertiary alicyclic amines) is 1. The number of carbonyl (C=O) groups excluding carboxylic acids is 2. The topological polar surface area (TPSA) is 62.4 Å². The Bertz CT molecular complexity index is 725. The van der Waals surface area contributed by atoms with Crippen molar-refractivity contribution in [1.82, 2.24) is 9.88 Å². The highest BCUT2D eigenvalue weighted by molar-refractivity contribution is 5.95. The summed E-state index contributed by atoms with van der Waals surface area (Å²) in [4.78, 5) is 28.6. The number of amides is 1. The number of ether oxygens (including phenoxy) is 1. The molecular weight excluding hydrogens is 287 g/mol. The Balaban J connectivity index is 1.83. The molecule has 0 bridgehead atoms. The van der Waals surface area contributed by atoms with Crippen LogP contribution in [0.3, 0.4) is 0 Å². The molecule has 0 spiro atoms. The van der Waals surface area contributed by atoms with Gasteiger partial charge in [-0.2, -0.15) is 0 Å². The highest BCUT2D eigenvalue weighted by Crippen LogP contribution is 2.31. The van der Waals surface area contributed by atoms with Gasteiger partial charge in [0.2, 0.25) is 0 Å². The number of nitrogens with one attached hydrogen (secondary N) is 1. The number of fused-ring (bicyclic) bond motifs is 1. The largest absolute Gasteiger partial charge is 0.450 e. The van der Waals surface area contributed by atoms with Crippen molar-refractivity contribution in [2.24, 2.45) is 0 Å². The van der Waals surface area contributed by atoms with E-state index in [9.17, 15) is 14.0 Å². The molecule has 3 rings (SSSR count). The number of H-pyrrole nitrogens is 1. The van der Waals surface area contributed by atoms with Gasteiger partial charge in [0.1, 0.15) is 5.82 Å². The second kappa shape index (κ2) is 5.79. The molecular formula is C16H17FN2O3. The van der Waals surface area contributed by atoms with Gasteiger partial charge in [-0.15, -0.1) is 0 Å². The zero-order valence-corrected chi connectivity index (χ0v) is 12.3. The maximum absolute atomic E-state index is 13.4. The zero-order valence-electron chi connectivity index (χ0n) is 12.3. The molecule has 1 fully saturated rings. The molecule has 1 atom stereocenters. The van der Waals surface area contributed by atoms with Gasteiger partial charge in [0, 0.05) is 29.6 Å². The van der Waals surface area contributed by atoms with Crippen LogP contribution in [0.25, 0.3) is 10.9 Å². The van der Waals surface area contributed by atoms with Crippen LogP contribution in [-0.4, -0.2) is 41.5 Å². The first kappa shape index (κ1) is 14.6. The number of halogens is 1. The fourth-order valence-electron chi connectivity index (χ4n) is 2.93. The number of aromatic amines is 1. The van der Waals surface area contributed by atoms with Crippen LogP contribution >= 0.6 is 0 Å². The molecule has 6 heteroatoms. The van der Waals surface area contributed by atoms with Crippen molar-refractivity contribution in [3.05, 3.63) is 35.8 Å². The van der Waals surface area contributed by atoms with E-state index in [-0.39, 0.29) is 30.7 Å². The van der Waals surface area contributed by atoms with Gasteiger partial charge in [0.15, 0.2) is 5.78 Å². The number of piperidine rings is 1. The van der Waals surface area contributed by atoms with Crippen LogP contribution in [0.5, 0.6) is 0 Å². The first-order chi connectivity index (χ1) is 10.6. The normalized spacial score (nSPS) is 18.7. The van der Waals surface area contributed by atoms with Crippen molar-refractivity contribution in [2.75, 3.05) is 19.7 Å². The fourth-order valence-corrected chi connectivity index (χ4v) is 2.93. The van der Waals surface area contributed by atoms with Gasteiger partial charge in [-0.25, -0.2) is 9.18 Å². The summed E-state index contributed by atoms with van der Waals surface area (Å²) >= 11 is 0. The first-order valence-corrected chi connectivity index (χ1v) is 7.31. The standard InChI is InChI=1S/C16H17FN2O3/c1-2-22-16(21)19-6-5-11(15(20)9-19)13-8-18-14-4-3-10(17)7-12(13)14/h3-4,7-8,11,18H,2,5-6,9H2,1H3. The van der Waals surface area contributed by atoms with E-state index in [4.69, 9.17) is 4.74 Å². The molecule has 0 radical (unpaired) electrons. The quantitative estimate of drug-likeness (QED) is 0.928. The van der Waals surface area contributed by atoms with Crippen molar-refractivity contribution in [3.8, 4) is 0 Å². The molecule has 5 nitrogen and oxygen atoms in total. The summed E-state index contributed by atoms with van der Waals surface area (Å²) in [6.07, 6.45) is 1.81. The highest BCUT2D eigenvalue weighted by Gasteiger charge is 2.32. The Morgan fingerprint density at radius 1 is 1.50 bits per heavy atom. The van der Waals surface area contributed by atoms with Crippen molar-refractivity contribution in [1.29, 1.82) is 0 Å². The van der Waals surface area contributed by atoms with Crippen LogP contribution in [0, 0.1) is 5.82 Å². The lowest BCUT2D eigenvalue weighted by molar-refractivity contribution is -0.123. The molecule has 0 saturated carbocycles. The molecule has 0 aliphatic carbocycles. The Morgan fingerprint density at radius 2 is 2.32 bits per heavy atom. The molecule has 1 aromatic heterocycles. The molecule has 1 aliphatic rings. The third-order valence-corrected chi connectivity index (χ3v) is 4.00. The van der Waals surface area contributed by atoms with Gasteiger partial charge in [0.05, 0.1) is 13.2 Å². The van der Waals surface area contributed by atoms with E-state index in [0.29, 0.717) is 13.0 Å². The molecule has 1 aliphatic heterocycles. The fraction of sp³-hybridized carbons (Fsp3) is 0.375. The summed E-state index contributed by atoms with van der Waals surface area (Å²) in [6.45, 7) is 2.50. The number of hydrogen-bond donors (Lipinski definition) is 1. The van der Waals surface area contributed by atoms with Crippen molar-refractivity contribution in [2.45, 2.75) is 19.3 Å². The van der Waals surface area contributed by atoms with Gasteiger partial charge >= 0.3 is 6.09 Å². The number of carbonyl (C=O) groups is 2. The Morgan fingerprint density at radius 3 is 3.05 bits per heavy atom. The summed E-state index contributed by atoms with van der Waals surface area (Å²) in [5, 5.41) is 0.725. The minimum absolute atomic E-state index is 0.0332. The van der Waals surface area contributed by atoms with E-state index in [0.717, 1.165) is 16.5 Å². The van der Waals surface area contributed by atoms with Gasteiger partial charge in [-0.1, -0.05) is 0 Å². The average molecular weight is 304 g/mol. The lowest BCUT2D eigenvalue weighted by atomic mass is 9.88. The second-order valence-electron chi connectivity index (χ2n) is 5.36. The Kier molecular flexibility index (Phi) is 3.83. The summed E-state index contributed by atoms with van der Waals surface area (Å²) in [6, 6.07) is 4.48. The predicted molar refractivity (Wildman–Crippen MR) is 79.2 cm³/mol. The van der Waals surface area contributed by atoms with E-state index >= 15 is 0 Å². The summed E-state index contributed by atoms with van der Waals surface area (Å²) < 4.78 is 18.4. The van der Waals surface area contributed by atoms with E-state index < -0.39 is 6.09 Å². The van der Waals surface area contributed by atoms with Crippen molar-refractivity contribution < 1.29 is 18.7 Å². The lowest BCUT2D eigenvalue weighted by Crippen LogP contribution is -2.43. The molecule has 1 unspecified atom stereocenters. The van der Waals surface area contributed by atoms with Gasteiger partial charge in [-0.3, -0.25) is 4.79 Å². The molecule has 116 valence electrons. The third-order valence-electron chi connectivity index (χ3n) is 4.00. The number of aromatic nitrogens is 1. The van der Waals surface area contributed by atoms with Crippen LogP contribution in [-0.2, 0) is 9.53 Å². The number of benzene rings is 1. The SMILES string of the molecule is CCOC(=O)N1CCC(c2c[nH]c3ccc(F)cc23)C(=O)C1. The highest BCUT2D eigenvalue weighted by atomic mass is 19.1. The second-order valence-corrected chi connectivity index (χ2v) is 5.36. The molecule has 1 aromatic carbocycles. The van der Waals surface area contributed by atoms with Crippen molar-refractivity contribution in [3.63, 3.8) is 0 Å². The minimum atomic E-state index is -0.459. The predicted octanol–water partition coefficient (Wildman–Crippen LogP) is 2.82. The minimum Gasteiger partial charge on any atom is -0.450 e. The third kappa shape index (κ3) is 2.56. The van der Waals surface area contributed by atoms with Gasteiger partial charge < -0.3 is 14.6 Å². The molecule has 1 N–H and O–H groups in total. The number of Topliss-reactive ketones (excluding diaryl/α,β-unsaturated/α-hetero) is 1. The summed E-state index contributed by atoms with van der Waals surface area (Å²) in [5.41, 5.74) is 1.60. The zero-order chi connectivity index (χ0) is 15.7. The number of nitrogens with zero attached hydrogens (tertiary/aromatic N) is 1. The molecule has 1 amide bonds. The van der Waals surface area contributed by atoms with Crippen LogP contribution in [0.2, 0.25) is 0 Å². The summed E-state index contributed by atoms with van der Waals surface area (Å²) in [5.74, 6) is -0.699. The van der Waals surface area contributed by atoms with E-state index in [1.165, 1.54) is 17.0 Å². The number of hydrogen-bond acceptors (Lipinski definition) is 3. The first-order valence-electron chi connectivity index (χ1n) is 7.31. The average Bonchev–Trinajstić information content (AvgIpc) is 2.90. The molecule has 1 saturated heterocycles. The van der Waals surface area contributed by atoms with E-state index in [2.05, 4.69) is 4.98 Å². The smallest absolute Gasteiger partial charge is 0.410 e. The molecule has 2 aromatic rings.